The molecule has 1 aliphatic rings. The molecule has 0 aliphatic carbocycles. The van der Waals surface area contributed by atoms with Crippen LogP contribution in [0.1, 0.15) is 12.5 Å². The van der Waals surface area contributed by atoms with E-state index in [0.29, 0.717) is 5.75 Å². The summed E-state index contributed by atoms with van der Waals surface area (Å²) in [7, 11) is 1.59. The second-order valence-corrected chi connectivity index (χ2v) is 7.69. The van der Waals surface area contributed by atoms with Gasteiger partial charge in [-0.3, -0.25) is 0 Å². The highest BCUT2D eigenvalue weighted by Gasteiger charge is 2.53. The number of rotatable bonds is 5. The molecular weight excluding hydrogens is 352 g/mol. The average molecular weight is 376 g/mol. The average Bonchev–Trinajstić information content (AvgIpc) is 2.66. The van der Waals surface area contributed by atoms with Gasteiger partial charge in [0.05, 0.1) is 13.2 Å². The first-order chi connectivity index (χ1) is 12.4. The maximum Gasteiger partial charge on any atom is 0.139 e. The molecule has 26 heavy (non-hydrogen) atoms. The molecule has 5 nitrogen and oxygen atoms in total. The monoisotopic (exact) mass is 376 g/mol. The predicted octanol–water partition coefficient (Wildman–Crippen LogP) is 2.23. The number of aliphatic hydroxyl groups is 3. The van der Waals surface area contributed by atoms with E-state index in [1.165, 1.54) is 11.8 Å². The summed E-state index contributed by atoms with van der Waals surface area (Å²) in [6, 6.07) is 16.8. The van der Waals surface area contributed by atoms with Crippen molar-refractivity contribution in [2.24, 2.45) is 0 Å². The van der Waals surface area contributed by atoms with E-state index in [4.69, 9.17) is 9.47 Å². The highest BCUT2D eigenvalue weighted by molar-refractivity contribution is 7.99. The summed E-state index contributed by atoms with van der Waals surface area (Å²) < 4.78 is 11.0. The van der Waals surface area contributed by atoms with Crippen LogP contribution in [-0.4, -0.2) is 51.8 Å². The van der Waals surface area contributed by atoms with Gasteiger partial charge in [-0.2, -0.15) is 0 Å². The lowest BCUT2D eigenvalue weighted by Gasteiger charge is -2.47. The lowest BCUT2D eigenvalue weighted by Crippen LogP contribution is -2.65. The van der Waals surface area contributed by atoms with E-state index in [-0.39, 0.29) is 6.42 Å². The Hall–Kier alpha value is -1.57. The van der Waals surface area contributed by atoms with Crippen LogP contribution in [-0.2, 0) is 11.2 Å². The third-order valence-corrected chi connectivity index (χ3v) is 5.97. The Morgan fingerprint density at radius 3 is 2.35 bits per heavy atom. The molecule has 1 fully saturated rings. The first-order valence-electron chi connectivity index (χ1n) is 8.52. The van der Waals surface area contributed by atoms with Gasteiger partial charge < -0.3 is 24.8 Å². The molecule has 0 unspecified atom stereocenters. The van der Waals surface area contributed by atoms with Crippen LogP contribution >= 0.6 is 11.8 Å². The Kier molecular flexibility index (Phi) is 5.89. The first kappa shape index (κ1) is 19.2. The topological polar surface area (TPSA) is 79.2 Å². The van der Waals surface area contributed by atoms with Crippen molar-refractivity contribution in [2.45, 2.75) is 47.6 Å². The van der Waals surface area contributed by atoms with Crippen molar-refractivity contribution in [1.82, 2.24) is 0 Å². The maximum absolute atomic E-state index is 11.3. The van der Waals surface area contributed by atoms with Crippen molar-refractivity contribution < 1.29 is 24.8 Å². The summed E-state index contributed by atoms with van der Waals surface area (Å²) in [5.41, 5.74) is -1.54. The Bertz CT molecular complexity index is 708. The summed E-state index contributed by atoms with van der Waals surface area (Å²) >= 11 is 1.34. The molecule has 0 amide bonds. The third kappa shape index (κ3) is 3.89. The van der Waals surface area contributed by atoms with Crippen molar-refractivity contribution in [3.8, 4) is 5.75 Å². The molecule has 1 heterocycles. The van der Waals surface area contributed by atoms with Gasteiger partial charge in [-0.1, -0.05) is 42.1 Å². The maximum atomic E-state index is 11.3. The number of methoxy groups -OCH3 is 1. The second-order valence-electron chi connectivity index (χ2n) is 6.56. The molecular formula is C20H24O5S. The van der Waals surface area contributed by atoms with E-state index < -0.39 is 29.3 Å². The quantitative estimate of drug-likeness (QED) is 0.743. The van der Waals surface area contributed by atoms with Gasteiger partial charge in [0.1, 0.15) is 29.0 Å². The highest BCUT2D eigenvalue weighted by atomic mass is 32.2. The standard InChI is InChI=1S/C20H24O5S/c1-13-17(21)18(22)20(23,12-14-8-10-15(24-2)11-9-14)19(25-13)26-16-6-4-3-5-7-16/h3-11,13,17-19,21-23H,12H2,1-2H3/t13-,17+,18+,19+,20-/m1/s1. The molecule has 2 aromatic rings. The molecule has 6 heteroatoms. The van der Waals surface area contributed by atoms with E-state index in [0.717, 1.165) is 10.5 Å². The molecule has 2 aromatic carbocycles. The fraction of sp³-hybridized carbons (Fsp3) is 0.400. The number of hydrogen-bond donors (Lipinski definition) is 3. The zero-order valence-corrected chi connectivity index (χ0v) is 15.6. The van der Waals surface area contributed by atoms with Gasteiger partial charge in [0.15, 0.2) is 0 Å². The van der Waals surface area contributed by atoms with E-state index in [2.05, 4.69) is 0 Å². The lowest BCUT2D eigenvalue weighted by molar-refractivity contribution is -0.241. The number of thioether (sulfide) groups is 1. The van der Waals surface area contributed by atoms with Gasteiger partial charge in [0.25, 0.3) is 0 Å². The van der Waals surface area contributed by atoms with Crippen LogP contribution in [0.15, 0.2) is 59.5 Å². The molecule has 0 spiro atoms. The smallest absolute Gasteiger partial charge is 0.139 e. The number of aliphatic hydroxyl groups excluding tert-OH is 2. The van der Waals surface area contributed by atoms with Crippen LogP contribution < -0.4 is 4.74 Å². The second kappa shape index (κ2) is 7.98. The fourth-order valence-corrected chi connectivity index (χ4v) is 4.31. The molecule has 0 radical (unpaired) electrons. The van der Waals surface area contributed by atoms with Gasteiger partial charge in [-0.05, 0) is 36.8 Å². The third-order valence-electron chi connectivity index (χ3n) is 4.70. The summed E-state index contributed by atoms with van der Waals surface area (Å²) in [4.78, 5) is 0.918. The highest BCUT2D eigenvalue weighted by Crippen LogP contribution is 2.41. The SMILES string of the molecule is COc1ccc(C[C@]2(O)[C@H](Sc3ccccc3)O[C@H](C)[C@H](O)[C@@H]2O)cc1. The van der Waals surface area contributed by atoms with Crippen molar-refractivity contribution in [3.05, 3.63) is 60.2 Å². The molecule has 1 saturated heterocycles. The van der Waals surface area contributed by atoms with Crippen LogP contribution in [0.3, 0.4) is 0 Å². The van der Waals surface area contributed by atoms with Gasteiger partial charge in [-0.25, -0.2) is 0 Å². The summed E-state index contributed by atoms with van der Waals surface area (Å²) in [6.45, 7) is 1.69. The number of hydrogen-bond acceptors (Lipinski definition) is 6. The largest absolute Gasteiger partial charge is 0.497 e. The van der Waals surface area contributed by atoms with E-state index >= 15 is 0 Å². The van der Waals surface area contributed by atoms with Crippen LogP contribution in [0, 0.1) is 0 Å². The Morgan fingerprint density at radius 2 is 1.73 bits per heavy atom. The van der Waals surface area contributed by atoms with Crippen LogP contribution in [0.4, 0.5) is 0 Å². The molecule has 5 atom stereocenters. The summed E-state index contributed by atoms with van der Waals surface area (Å²) in [5.74, 6) is 0.713. The first-order valence-corrected chi connectivity index (χ1v) is 9.40. The minimum absolute atomic E-state index is 0.145. The summed E-state index contributed by atoms with van der Waals surface area (Å²) in [6.07, 6.45) is -2.92. The normalized spacial score (nSPS) is 31.6. The Morgan fingerprint density at radius 1 is 1.08 bits per heavy atom. The lowest BCUT2D eigenvalue weighted by atomic mass is 9.83. The van der Waals surface area contributed by atoms with Gasteiger partial charge in [0.2, 0.25) is 0 Å². The minimum atomic E-state index is -1.64. The number of ether oxygens (including phenoxy) is 2. The van der Waals surface area contributed by atoms with Crippen molar-refractivity contribution >= 4 is 11.8 Å². The van der Waals surface area contributed by atoms with E-state index in [1.54, 1.807) is 26.2 Å². The summed E-state index contributed by atoms with van der Waals surface area (Å²) in [5, 5.41) is 32.3. The predicted molar refractivity (Wildman–Crippen MR) is 100 cm³/mol. The number of benzene rings is 2. The molecule has 3 N–H and O–H groups in total. The minimum Gasteiger partial charge on any atom is -0.497 e. The van der Waals surface area contributed by atoms with Crippen LogP contribution in [0.5, 0.6) is 5.75 Å². The molecule has 3 rings (SSSR count). The zero-order chi connectivity index (χ0) is 18.7. The van der Waals surface area contributed by atoms with E-state index in [1.807, 2.05) is 42.5 Å². The van der Waals surface area contributed by atoms with Crippen LogP contribution in [0.2, 0.25) is 0 Å². The van der Waals surface area contributed by atoms with Gasteiger partial charge in [0, 0.05) is 11.3 Å². The molecule has 1 aliphatic heterocycles. The van der Waals surface area contributed by atoms with Crippen molar-refractivity contribution in [2.75, 3.05) is 7.11 Å². The Labute approximate surface area is 157 Å². The zero-order valence-electron chi connectivity index (χ0n) is 14.8. The van der Waals surface area contributed by atoms with E-state index in [9.17, 15) is 15.3 Å². The molecule has 0 saturated carbocycles. The van der Waals surface area contributed by atoms with Crippen molar-refractivity contribution in [3.63, 3.8) is 0 Å². The van der Waals surface area contributed by atoms with Crippen LogP contribution in [0.25, 0.3) is 0 Å². The molecule has 140 valence electrons. The molecule has 0 aromatic heterocycles. The van der Waals surface area contributed by atoms with Gasteiger partial charge in [-0.15, -0.1) is 0 Å². The fourth-order valence-electron chi connectivity index (χ4n) is 3.10. The Balaban J connectivity index is 1.88. The van der Waals surface area contributed by atoms with Crippen molar-refractivity contribution in [1.29, 1.82) is 0 Å². The van der Waals surface area contributed by atoms with Gasteiger partial charge >= 0.3 is 0 Å². The molecule has 0 bridgehead atoms.